The van der Waals surface area contributed by atoms with Gasteiger partial charge in [0, 0.05) is 25.0 Å². The van der Waals surface area contributed by atoms with Gasteiger partial charge in [-0.05, 0) is 25.1 Å². The fourth-order valence-electron chi connectivity index (χ4n) is 2.80. The molecule has 0 spiro atoms. The molecule has 2 aromatic carbocycles. The van der Waals surface area contributed by atoms with E-state index < -0.39 is 0 Å². The second kappa shape index (κ2) is 7.19. The first kappa shape index (κ1) is 17.4. The Hall–Kier alpha value is -2.46. The number of para-hydroxylation sites is 1. The van der Waals surface area contributed by atoms with Crippen molar-refractivity contribution in [2.45, 2.75) is 6.92 Å². The fraction of sp³-hybridized carbons (Fsp3) is 0.250. The Bertz CT molecular complexity index is 861. The Kier molecular flexibility index (Phi) is 5.00. The van der Waals surface area contributed by atoms with Gasteiger partial charge in [0.15, 0.2) is 0 Å². The number of benzene rings is 2. The molecule has 0 saturated heterocycles. The van der Waals surface area contributed by atoms with Gasteiger partial charge < -0.3 is 14.2 Å². The molecule has 1 aromatic heterocycles. The molecule has 0 unspecified atom stereocenters. The average molecular weight is 357 g/mol. The molecular formula is C20H21ClN2O2. The fourth-order valence-corrected chi connectivity index (χ4v) is 3.17. The van der Waals surface area contributed by atoms with E-state index in [1.807, 2.05) is 67.1 Å². The van der Waals surface area contributed by atoms with Crippen molar-refractivity contribution < 1.29 is 9.53 Å². The van der Waals surface area contributed by atoms with Gasteiger partial charge in [-0.25, -0.2) is 0 Å². The van der Waals surface area contributed by atoms with Crippen LogP contribution in [0, 0.1) is 6.92 Å². The lowest BCUT2D eigenvalue weighted by atomic mass is 10.2. The van der Waals surface area contributed by atoms with Gasteiger partial charge in [0.25, 0.3) is 5.91 Å². The number of ether oxygens (including phenoxy) is 1. The first-order valence-corrected chi connectivity index (χ1v) is 8.54. The van der Waals surface area contributed by atoms with Gasteiger partial charge in [-0.2, -0.15) is 0 Å². The Morgan fingerprint density at radius 2 is 1.84 bits per heavy atom. The van der Waals surface area contributed by atoms with Crippen LogP contribution in [0.4, 0.5) is 0 Å². The number of carbonyl (C=O) groups excluding carboxylic acids is 1. The van der Waals surface area contributed by atoms with Crippen molar-refractivity contribution in [3.63, 3.8) is 0 Å². The summed E-state index contributed by atoms with van der Waals surface area (Å²) in [5, 5.41) is 1.38. The maximum atomic E-state index is 12.8. The van der Waals surface area contributed by atoms with Crippen molar-refractivity contribution in [1.82, 2.24) is 9.47 Å². The summed E-state index contributed by atoms with van der Waals surface area (Å²) in [5.41, 5.74) is 2.63. The average Bonchev–Trinajstić information content (AvgIpc) is 2.87. The molecule has 0 saturated carbocycles. The summed E-state index contributed by atoms with van der Waals surface area (Å²) in [6.45, 7) is 2.93. The molecule has 0 atom stereocenters. The molecule has 0 fully saturated rings. The van der Waals surface area contributed by atoms with Gasteiger partial charge in [-0.3, -0.25) is 4.79 Å². The third-order valence-electron chi connectivity index (χ3n) is 4.31. The van der Waals surface area contributed by atoms with Crippen molar-refractivity contribution in [1.29, 1.82) is 0 Å². The lowest BCUT2D eigenvalue weighted by Gasteiger charge is -2.18. The van der Waals surface area contributed by atoms with Crippen LogP contribution in [-0.2, 0) is 7.05 Å². The monoisotopic (exact) mass is 356 g/mol. The summed E-state index contributed by atoms with van der Waals surface area (Å²) < 4.78 is 7.55. The van der Waals surface area contributed by atoms with E-state index in [1.54, 1.807) is 11.9 Å². The lowest BCUT2D eigenvalue weighted by Crippen LogP contribution is -2.32. The molecule has 5 heteroatoms. The lowest BCUT2D eigenvalue weighted by molar-refractivity contribution is 0.0765. The first-order valence-electron chi connectivity index (χ1n) is 8.17. The van der Waals surface area contributed by atoms with E-state index in [4.69, 9.17) is 16.3 Å². The number of amides is 1. The van der Waals surface area contributed by atoms with Crippen LogP contribution in [0.3, 0.4) is 0 Å². The molecule has 0 bridgehead atoms. The predicted octanol–water partition coefficient (Wildman–Crippen LogP) is 4.29. The molecule has 130 valence electrons. The number of hydrogen-bond donors (Lipinski definition) is 0. The Morgan fingerprint density at radius 3 is 2.52 bits per heavy atom. The van der Waals surface area contributed by atoms with Crippen molar-refractivity contribution in [3.05, 3.63) is 64.8 Å². The third-order valence-corrected chi connectivity index (χ3v) is 4.69. The van der Waals surface area contributed by atoms with Crippen LogP contribution in [0.25, 0.3) is 10.9 Å². The van der Waals surface area contributed by atoms with Gasteiger partial charge in [-0.1, -0.05) is 47.5 Å². The third kappa shape index (κ3) is 3.49. The van der Waals surface area contributed by atoms with Crippen LogP contribution in [0.1, 0.15) is 16.1 Å². The van der Waals surface area contributed by atoms with E-state index >= 15 is 0 Å². The van der Waals surface area contributed by atoms with E-state index in [9.17, 15) is 4.79 Å². The molecule has 0 aliphatic rings. The van der Waals surface area contributed by atoms with E-state index in [1.165, 1.54) is 5.56 Å². The molecule has 0 aliphatic carbocycles. The smallest absolute Gasteiger partial charge is 0.271 e. The number of halogens is 1. The number of aromatic nitrogens is 1. The van der Waals surface area contributed by atoms with E-state index in [0.717, 1.165) is 16.7 Å². The molecule has 0 aliphatic heterocycles. The minimum absolute atomic E-state index is 0.115. The number of hydrogen-bond acceptors (Lipinski definition) is 2. The van der Waals surface area contributed by atoms with Crippen LogP contribution in [0.15, 0.2) is 48.5 Å². The van der Waals surface area contributed by atoms with Gasteiger partial charge in [0.1, 0.15) is 18.1 Å². The number of rotatable bonds is 5. The molecule has 4 nitrogen and oxygen atoms in total. The topological polar surface area (TPSA) is 34.5 Å². The highest BCUT2D eigenvalue weighted by Gasteiger charge is 2.22. The minimum Gasteiger partial charge on any atom is -0.492 e. The summed E-state index contributed by atoms with van der Waals surface area (Å²) in [6, 6.07) is 15.6. The second-order valence-corrected chi connectivity index (χ2v) is 6.50. The van der Waals surface area contributed by atoms with Gasteiger partial charge in [0.05, 0.1) is 11.6 Å². The standard InChI is InChI=1S/C20H21ClN2O2/c1-14-8-10-15(11-9-14)25-13-12-22(2)20(24)19-18(21)16-6-4-5-7-17(16)23(19)3/h4-11H,12-13H2,1-3H3. The summed E-state index contributed by atoms with van der Waals surface area (Å²) in [6.07, 6.45) is 0. The highest BCUT2D eigenvalue weighted by atomic mass is 35.5. The number of carbonyl (C=O) groups is 1. The molecule has 1 amide bonds. The second-order valence-electron chi connectivity index (χ2n) is 6.13. The molecule has 3 aromatic rings. The van der Waals surface area contributed by atoms with Crippen LogP contribution in [0.2, 0.25) is 5.02 Å². The quantitative estimate of drug-likeness (QED) is 0.683. The van der Waals surface area contributed by atoms with Crippen LogP contribution in [0.5, 0.6) is 5.75 Å². The summed E-state index contributed by atoms with van der Waals surface area (Å²) in [4.78, 5) is 14.4. The Labute approximate surface area is 152 Å². The molecule has 0 radical (unpaired) electrons. The zero-order valence-electron chi connectivity index (χ0n) is 14.6. The number of likely N-dealkylation sites (N-methyl/N-ethyl adjacent to an activating group) is 1. The van der Waals surface area contributed by atoms with Gasteiger partial charge in [0.2, 0.25) is 0 Å². The molecule has 3 rings (SSSR count). The highest BCUT2D eigenvalue weighted by Crippen LogP contribution is 2.30. The molecule has 25 heavy (non-hydrogen) atoms. The van der Waals surface area contributed by atoms with Crippen molar-refractivity contribution in [2.24, 2.45) is 7.05 Å². The largest absolute Gasteiger partial charge is 0.492 e. The molecular weight excluding hydrogens is 336 g/mol. The predicted molar refractivity (Wildman–Crippen MR) is 102 cm³/mol. The Balaban J connectivity index is 1.69. The Morgan fingerprint density at radius 1 is 1.16 bits per heavy atom. The molecule has 1 heterocycles. The number of nitrogens with zero attached hydrogens (tertiary/aromatic N) is 2. The summed E-state index contributed by atoms with van der Waals surface area (Å²) in [5.74, 6) is 0.685. The summed E-state index contributed by atoms with van der Waals surface area (Å²) >= 11 is 6.45. The minimum atomic E-state index is -0.115. The zero-order valence-corrected chi connectivity index (χ0v) is 15.4. The van der Waals surface area contributed by atoms with Crippen molar-refractivity contribution >= 4 is 28.4 Å². The van der Waals surface area contributed by atoms with Gasteiger partial charge >= 0.3 is 0 Å². The number of fused-ring (bicyclic) bond motifs is 1. The van der Waals surface area contributed by atoms with Crippen LogP contribution in [-0.4, -0.2) is 35.6 Å². The van der Waals surface area contributed by atoms with Gasteiger partial charge in [-0.15, -0.1) is 0 Å². The maximum absolute atomic E-state index is 12.8. The summed E-state index contributed by atoms with van der Waals surface area (Å²) in [7, 11) is 3.62. The zero-order chi connectivity index (χ0) is 18.0. The maximum Gasteiger partial charge on any atom is 0.271 e. The van der Waals surface area contributed by atoms with E-state index in [-0.39, 0.29) is 5.91 Å². The first-order chi connectivity index (χ1) is 12.0. The number of aryl methyl sites for hydroxylation is 2. The van der Waals surface area contributed by atoms with E-state index in [0.29, 0.717) is 23.9 Å². The van der Waals surface area contributed by atoms with E-state index in [2.05, 4.69) is 0 Å². The van der Waals surface area contributed by atoms with Crippen LogP contribution < -0.4 is 4.74 Å². The normalized spacial score (nSPS) is 10.9. The van der Waals surface area contributed by atoms with Crippen molar-refractivity contribution in [2.75, 3.05) is 20.2 Å². The van der Waals surface area contributed by atoms with Crippen LogP contribution >= 0.6 is 11.6 Å². The highest BCUT2D eigenvalue weighted by molar-refractivity contribution is 6.38. The molecule has 0 N–H and O–H groups in total. The van der Waals surface area contributed by atoms with Crippen molar-refractivity contribution in [3.8, 4) is 5.75 Å². The SMILES string of the molecule is Cc1ccc(OCCN(C)C(=O)c2c(Cl)c3ccccc3n2C)cc1.